The van der Waals surface area contributed by atoms with Crippen LogP contribution in [0.5, 0.6) is 0 Å². The number of amides is 2. The lowest BCUT2D eigenvalue weighted by molar-refractivity contribution is -0.150. The molecule has 0 spiro atoms. The molecule has 2 amide bonds. The Kier molecular flexibility index (Phi) is 5.21. The highest BCUT2D eigenvalue weighted by molar-refractivity contribution is 6.38. The van der Waals surface area contributed by atoms with Gasteiger partial charge in [0.25, 0.3) is 0 Å². The number of hydrogen-bond donors (Lipinski definition) is 2. The summed E-state index contributed by atoms with van der Waals surface area (Å²) in [6.07, 6.45) is 0. The van der Waals surface area contributed by atoms with Gasteiger partial charge in [0.1, 0.15) is 0 Å². The minimum atomic E-state index is -1.05. The van der Waals surface area contributed by atoms with Crippen molar-refractivity contribution in [3.8, 4) is 0 Å². The van der Waals surface area contributed by atoms with Gasteiger partial charge < -0.3 is 20.1 Å². The summed E-state index contributed by atoms with van der Waals surface area (Å²) in [4.78, 5) is 44.5. The highest BCUT2D eigenvalue weighted by Gasteiger charge is 2.15. The van der Waals surface area contributed by atoms with Crippen molar-refractivity contribution in [1.82, 2.24) is 0 Å². The lowest BCUT2D eigenvalue weighted by Gasteiger charge is -2.07. The Labute approximate surface area is 114 Å². The molecule has 0 aliphatic carbocycles. The zero-order chi connectivity index (χ0) is 15.1. The van der Waals surface area contributed by atoms with Crippen LogP contribution in [-0.2, 0) is 28.7 Å². The van der Waals surface area contributed by atoms with Crippen LogP contribution in [0.25, 0.3) is 0 Å². The van der Waals surface area contributed by atoms with Crippen molar-refractivity contribution in [2.24, 2.45) is 0 Å². The van der Waals surface area contributed by atoms with Crippen LogP contribution in [0, 0.1) is 0 Å². The molecular formula is C12H12N2O6. The number of carbonyl (C=O) groups excluding carboxylic acids is 4. The third-order valence-electron chi connectivity index (χ3n) is 2.12. The molecule has 0 bridgehead atoms. The molecule has 0 heterocycles. The van der Waals surface area contributed by atoms with E-state index in [1.807, 2.05) is 0 Å². The van der Waals surface area contributed by atoms with E-state index in [1.54, 1.807) is 0 Å². The van der Waals surface area contributed by atoms with E-state index in [-0.39, 0.29) is 11.4 Å². The number of hydrogen-bond acceptors (Lipinski definition) is 6. The first-order valence-electron chi connectivity index (χ1n) is 5.36. The number of benzene rings is 1. The smallest absolute Gasteiger partial charge is 0.396 e. The maximum absolute atomic E-state index is 11.3. The van der Waals surface area contributed by atoms with Crippen molar-refractivity contribution in [3.63, 3.8) is 0 Å². The highest BCUT2D eigenvalue weighted by atomic mass is 16.5. The Morgan fingerprint density at radius 1 is 0.850 bits per heavy atom. The number of ether oxygens (including phenoxy) is 2. The van der Waals surface area contributed by atoms with Gasteiger partial charge in [-0.3, -0.25) is 9.59 Å². The van der Waals surface area contributed by atoms with Crippen molar-refractivity contribution < 1.29 is 28.7 Å². The van der Waals surface area contributed by atoms with Crippen LogP contribution in [0.2, 0.25) is 0 Å². The van der Waals surface area contributed by atoms with Crippen molar-refractivity contribution in [2.45, 2.75) is 0 Å². The molecule has 20 heavy (non-hydrogen) atoms. The predicted octanol–water partition coefficient (Wildman–Crippen LogP) is -0.0904. The van der Waals surface area contributed by atoms with E-state index in [2.05, 4.69) is 20.1 Å². The number of anilines is 2. The Morgan fingerprint density at radius 3 is 1.60 bits per heavy atom. The Bertz CT molecular complexity index is 509. The van der Waals surface area contributed by atoms with Crippen molar-refractivity contribution >= 4 is 35.1 Å². The monoisotopic (exact) mass is 280 g/mol. The van der Waals surface area contributed by atoms with Gasteiger partial charge in [-0.1, -0.05) is 6.07 Å². The van der Waals surface area contributed by atoms with Crippen LogP contribution in [0.3, 0.4) is 0 Å². The van der Waals surface area contributed by atoms with Crippen molar-refractivity contribution in [3.05, 3.63) is 24.3 Å². The zero-order valence-corrected chi connectivity index (χ0v) is 10.8. The number of esters is 2. The van der Waals surface area contributed by atoms with Crippen LogP contribution in [0.4, 0.5) is 11.4 Å². The van der Waals surface area contributed by atoms with Gasteiger partial charge >= 0.3 is 23.8 Å². The summed E-state index contributed by atoms with van der Waals surface area (Å²) in [6.45, 7) is 0. The molecule has 0 radical (unpaired) electrons. The normalized spacial score (nSPS) is 9.30. The fourth-order valence-electron chi connectivity index (χ4n) is 1.22. The van der Waals surface area contributed by atoms with Gasteiger partial charge in [-0.05, 0) is 18.2 Å². The second-order valence-electron chi connectivity index (χ2n) is 3.47. The van der Waals surface area contributed by atoms with Crippen molar-refractivity contribution in [1.29, 1.82) is 0 Å². The third-order valence-corrected chi connectivity index (χ3v) is 2.12. The largest absolute Gasteiger partial charge is 0.462 e. The third kappa shape index (κ3) is 4.09. The van der Waals surface area contributed by atoms with Gasteiger partial charge in [-0.2, -0.15) is 0 Å². The molecule has 0 unspecified atom stereocenters. The number of nitrogens with one attached hydrogen (secondary N) is 2. The van der Waals surface area contributed by atoms with Gasteiger partial charge in [-0.15, -0.1) is 0 Å². The molecule has 2 N–H and O–H groups in total. The van der Waals surface area contributed by atoms with E-state index in [4.69, 9.17) is 0 Å². The van der Waals surface area contributed by atoms with Gasteiger partial charge in [-0.25, -0.2) is 9.59 Å². The number of rotatable bonds is 2. The second kappa shape index (κ2) is 6.88. The summed E-state index contributed by atoms with van der Waals surface area (Å²) in [5.74, 6) is -4.00. The quantitative estimate of drug-likeness (QED) is 0.578. The Morgan fingerprint density at radius 2 is 1.25 bits per heavy atom. The SMILES string of the molecule is COC(=O)C(=O)Nc1cccc(NC(=O)C(=O)OC)c1. The van der Waals surface area contributed by atoms with E-state index in [9.17, 15) is 19.2 Å². The van der Waals surface area contributed by atoms with Crippen LogP contribution < -0.4 is 10.6 Å². The van der Waals surface area contributed by atoms with Gasteiger partial charge in [0, 0.05) is 11.4 Å². The maximum atomic E-state index is 11.3. The first kappa shape index (κ1) is 15.2. The minimum absolute atomic E-state index is 0.253. The summed E-state index contributed by atoms with van der Waals surface area (Å²) in [5, 5.41) is 4.54. The van der Waals surface area contributed by atoms with Gasteiger partial charge in [0.05, 0.1) is 14.2 Å². The molecule has 0 fully saturated rings. The molecule has 8 nitrogen and oxygen atoms in total. The molecule has 0 aliphatic rings. The summed E-state index contributed by atoms with van der Waals surface area (Å²) < 4.78 is 8.49. The molecule has 0 saturated heterocycles. The van der Waals surface area contributed by atoms with Gasteiger partial charge in [0.15, 0.2) is 0 Å². The summed E-state index contributed by atoms with van der Waals surface area (Å²) in [5.41, 5.74) is 0.506. The minimum Gasteiger partial charge on any atom is -0.462 e. The number of carbonyl (C=O) groups is 4. The highest BCUT2D eigenvalue weighted by Crippen LogP contribution is 2.15. The lowest BCUT2D eigenvalue weighted by atomic mass is 10.2. The molecule has 106 valence electrons. The van der Waals surface area contributed by atoms with Crippen LogP contribution in [0.1, 0.15) is 0 Å². The van der Waals surface area contributed by atoms with E-state index in [0.717, 1.165) is 14.2 Å². The van der Waals surface area contributed by atoms with Crippen LogP contribution >= 0.6 is 0 Å². The molecule has 1 rings (SSSR count). The first-order valence-corrected chi connectivity index (χ1v) is 5.36. The molecule has 0 atom stereocenters. The Balaban J connectivity index is 2.76. The van der Waals surface area contributed by atoms with Crippen LogP contribution in [0.15, 0.2) is 24.3 Å². The number of methoxy groups -OCH3 is 2. The fourth-order valence-corrected chi connectivity index (χ4v) is 1.22. The second-order valence-corrected chi connectivity index (χ2v) is 3.47. The first-order chi connectivity index (χ1) is 9.47. The van der Waals surface area contributed by atoms with Crippen molar-refractivity contribution in [2.75, 3.05) is 24.9 Å². The molecule has 0 saturated carbocycles. The van der Waals surface area contributed by atoms with E-state index >= 15 is 0 Å². The standard InChI is InChI=1S/C12H12N2O6/c1-19-11(17)9(15)13-7-4-3-5-8(6-7)14-10(16)12(18)20-2/h3-6H,1-2H3,(H,13,15)(H,14,16). The molecule has 1 aromatic rings. The van der Waals surface area contributed by atoms with E-state index in [0.29, 0.717) is 0 Å². The molecule has 0 aliphatic heterocycles. The predicted molar refractivity (Wildman–Crippen MR) is 67.7 cm³/mol. The molecule has 8 heteroatoms. The zero-order valence-electron chi connectivity index (χ0n) is 10.8. The summed E-state index contributed by atoms with van der Waals surface area (Å²) in [7, 11) is 2.16. The fraction of sp³-hybridized carbons (Fsp3) is 0.167. The van der Waals surface area contributed by atoms with E-state index in [1.165, 1.54) is 24.3 Å². The van der Waals surface area contributed by atoms with E-state index < -0.39 is 23.8 Å². The lowest BCUT2D eigenvalue weighted by Crippen LogP contribution is -2.25. The molecular weight excluding hydrogens is 268 g/mol. The summed E-state index contributed by atoms with van der Waals surface area (Å²) >= 11 is 0. The van der Waals surface area contributed by atoms with Gasteiger partial charge in [0.2, 0.25) is 0 Å². The topological polar surface area (TPSA) is 111 Å². The summed E-state index contributed by atoms with van der Waals surface area (Å²) in [6, 6.07) is 5.87. The Hall–Kier alpha value is -2.90. The average Bonchev–Trinajstić information content (AvgIpc) is 2.45. The molecule has 1 aromatic carbocycles. The molecule has 0 aromatic heterocycles. The maximum Gasteiger partial charge on any atom is 0.396 e. The van der Waals surface area contributed by atoms with Crippen LogP contribution in [-0.4, -0.2) is 38.0 Å². The average molecular weight is 280 g/mol.